The fraction of sp³-hybridized carbons (Fsp3) is 1.00. The summed E-state index contributed by atoms with van der Waals surface area (Å²) < 4.78 is 23.7. The molecule has 0 saturated heterocycles. The van der Waals surface area contributed by atoms with Crippen molar-refractivity contribution in [1.29, 1.82) is 0 Å². The standard InChI is InChI=1S/C7H14F2/c1-3-6(2)4-7(9)5-8/h6-7H,3-5H2,1-2H3. The van der Waals surface area contributed by atoms with Gasteiger partial charge in [0, 0.05) is 0 Å². The van der Waals surface area contributed by atoms with E-state index in [4.69, 9.17) is 0 Å². The lowest BCUT2D eigenvalue weighted by atomic mass is 10.0. The van der Waals surface area contributed by atoms with Crippen LogP contribution in [0.2, 0.25) is 0 Å². The molecule has 0 aliphatic rings. The van der Waals surface area contributed by atoms with E-state index in [2.05, 4.69) is 0 Å². The molecule has 0 fully saturated rings. The molecule has 0 heterocycles. The molecule has 0 nitrogen and oxygen atoms in total. The molecule has 2 unspecified atom stereocenters. The van der Waals surface area contributed by atoms with Gasteiger partial charge in [-0.1, -0.05) is 20.3 Å². The maximum Gasteiger partial charge on any atom is 0.129 e. The highest BCUT2D eigenvalue weighted by Crippen LogP contribution is 2.12. The van der Waals surface area contributed by atoms with E-state index in [1.807, 2.05) is 13.8 Å². The minimum Gasteiger partial charge on any atom is -0.248 e. The van der Waals surface area contributed by atoms with E-state index in [0.717, 1.165) is 6.42 Å². The fourth-order valence-corrected chi connectivity index (χ4v) is 0.666. The zero-order chi connectivity index (χ0) is 7.28. The van der Waals surface area contributed by atoms with Gasteiger partial charge in [-0.25, -0.2) is 8.78 Å². The summed E-state index contributed by atoms with van der Waals surface area (Å²) in [5.41, 5.74) is 0. The highest BCUT2D eigenvalue weighted by Gasteiger charge is 2.09. The molecule has 0 rings (SSSR count). The first-order chi connectivity index (χ1) is 4.20. The van der Waals surface area contributed by atoms with E-state index in [9.17, 15) is 8.78 Å². The van der Waals surface area contributed by atoms with Crippen LogP contribution in [0.3, 0.4) is 0 Å². The number of hydrogen-bond acceptors (Lipinski definition) is 0. The van der Waals surface area contributed by atoms with Crippen LogP contribution in [0, 0.1) is 5.92 Å². The Labute approximate surface area is 55.3 Å². The van der Waals surface area contributed by atoms with Gasteiger partial charge in [-0.15, -0.1) is 0 Å². The quantitative estimate of drug-likeness (QED) is 0.557. The second-order valence-electron chi connectivity index (χ2n) is 2.50. The molecule has 56 valence electrons. The monoisotopic (exact) mass is 136 g/mol. The average molecular weight is 136 g/mol. The number of halogens is 2. The molecule has 0 radical (unpaired) electrons. The summed E-state index contributed by atoms with van der Waals surface area (Å²) in [4.78, 5) is 0. The van der Waals surface area contributed by atoms with Gasteiger partial charge in [0.25, 0.3) is 0 Å². The largest absolute Gasteiger partial charge is 0.248 e. The molecule has 0 amide bonds. The third-order valence-electron chi connectivity index (χ3n) is 1.52. The SMILES string of the molecule is CCC(C)CC(F)CF. The molecule has 0 saturated carbocycles. The second kappa shape index (κ2) is 4.71. The van der Waals surface area contributed by atoms with Gasteiger partial charge < -0.3 is 0 Å². The summed E-state index contributed by atoms with van der Waals surface area (Å²) in [7, 11) is 0. The third kappa shape index (κ3) is 4.37. The van der Waals surface area contributed by atoms with Crippen LogP contribution in [0.25, 0.3) is 0 Å². The van der Waals surface area contributed by atoms with Gasteiger partial charge in [-0.05, 0) is 12.3 Å². The lowest BCUT2D eigenvalue weighted by Crippen LogP contribution is -2.07. The molecule has 0 spiro atoms. The average Bonchev–Trinajstić information content (AvgIpc) is 1.87. The lowest BCUT2D eigenvalue weighted by molar-refractivity contribution is 0.220. The van der Waals surface area contributed by atoms with E-state index >= 15 is 0 Å². The van der Waals surface area contributed by atoms with Crippen LogP contribution >= 0.6 is 0 Å². The van der Waals surface area contributed by atoms with Gasteiger partial charge in [-0.2, -0.15) is 0 Å². The van der Waals surface area contributed by atoms with Crippen LogP contribution in [-0.2, 0) is 0 Å². The summed E-state index contributed by atoms with van der Waals surface area (Å²) in [6, 6.07) is 0. The van der Waals surface area contributed by atoms with Gasteiger partial charge >= 0.3 is 0 Å². The zero-order valence-corrected chi connectivity index (χ0v) is 6.03. The van der Waals surface area contributed by atoms with Crippen molar-refractivity contribution in [3.63, 3.8) is 0 Å². The van der Waals surface area contributed by atoms with E-state index in [1.54, 1.807) is 0 Å². The Bertz CT molecular complexity index is 55.9. The molecule has 9 heavy (non-hydrogen) atoms. The first-order valence-corrected chi connectivity index (χ1v) is 3.40. The van der Waals surface area contributed by atoms with Crippen LogP contribution in [0.5, 0.6) is 0 Å². The molecule has 0 N–H and O–H groups in total. The van der Waals surface area contributed by atoms with Gasteiger partial charge in [0.05, 0.1) is 0 Å². The summed E-state index contributed by atoms with van der Waals surface area (Å²) in [5, 5.41) is 0. The molecule has 0 bridgehead atoms. The smallest absolute Gasteiger partial charge is 0.129 e. The Morgan fingerprint density at radius 3 is 2.33 bits per heavy atom. The number of hydrogen-bond donors (Lipinski definition) is 0. The van der Waals surface area contributed by atoms with Crippen molar-refractivity contribution in [2.45, 2.75) is 32.9 Å². The van der Waals surface area contributed by atoms with Crippen LogP contribution in [0.15, 0.2) is 0 Å². The minimum absolute atomic E-state index is 0.316. The predicted molar refractivity (Wildman–Crippen MR) is 34.9 cm³/mol. The van der Waals surface area contributed by atoms with Gasteiger partial charge in [0.1, 0.15) is 12.8 Å². The highest BCUT2D eigenvalue weighted by atomic mass is 19.2. The van der Waals surface area contributed by atoms with Crippen molar-refractivity contribution in [1.82, 2.24) is 0 Å². The highest BCUT2D eigenvalue weighted by molar-refractivity contribution is 4.58. The Morgan fingerprint density at radius 2 is 2.00 bits per heavy atom. The number of alkyl halides is 2. The van der Waals surface area contributed by atoms with Crippen molar-refractivity contribution in [2.24, 2.45) is 5.92 Å². The van der Waals surface area contributed by atoms with Crippen molar-refractivity contribution < 1.29 is 8.78 Å². The summed E-state index contributed by atoms with van der Waals surface area (Å²) in [6.07, 6.45) is 0.0629. The number of rotatable bonds is 4. The Morgan fingerprint density at radius 1 is 1.44 bits per heavy atom. The molecule has 0 aliphatic carbocycles. The predicted octanol–water partition coefficient (Wildman–Crippen LogP) is 2.73. The van der Waals surface area contributed by atoms with E-state index in [0.29, 0.717) is 12.3 Å². The molecule has 0 aromatic heterocycles. The van der Waals surface area contributed by atoms with E-state index in [1.165, 1.54) is 0 Å². The van der Waals surface area contributed by atoms with Crippen LogP contribution in [0.1, 0.15) is 26.7 Å². The molecular formula is C7H14F2. The van der Waals surface area contributed by atoms with Crippen LogP contribution in [0.4, 0.5) is 8.78 Å². The molecule has 0 aromatic carbocycles. The molecule has 0 aromatic rings. The Hall–Kier alpha value is -0.140. The maximum atomic E-state index is 12.2. The topological polar surface area (TPSA) is 0 Å². The first-order valence-electron chi connectivity index (χ1n) is 3.40. The van der Waals surface area contributed by atoms with Crippen molar-refractivity contribution >= 4 is 0 Å². The Kier molecular flexibility index (Phi) is 4.64. The van der Waals surface area contributed by atoms with Gasteiger partial charge in [0.15, 0.2) is 0 Å². The van der Waals surface area contributed by atoms with Gasteiger partial charge in [0.2, 0.25) is 0 Å². The molecule has 2 heteroatoms. The molecule has 2 atom stereocenters. The first kappa shape index (κ1) is 8.86. The van der Waals surface area contributed by atoms with Crippen LogP contribution in [-0.4, -0.2) is 12.8 Å². The van der Waals surface area contributed by atoms with Gasteiger partial charge in [-0.3, -0.25) is 0 Å². The summed E-state index contributed by atoms with van der Waals surface area (Å²) >= 11 is 0. The lowest BCUT2D eigenvalue weighted by Gasteiger charge is -2.08. The molecular weight excluding hydrogens is 122 g/mol. The second-order valence-corrected chi connectivity index (χ2v) is 2.50. The van der Waals surface area contributed by atoms with Crippen LogP contribution < -0.4 is 0 Å². The summed E-state index contributed by atoms with van der Waals surface area (Å²) in [6.45, 7) is 3.09. The minimum atomic E-state index is -1.24. The molecule has 0 aliphatic heterocycles. The maximum absolute atomic E-state index is 12.2. The van der Waals surface area contributed by atoms with E-state index < -0.39 is 12.8 Å². The van der Waals surface area contributed by atoms with Crippen molar-refractivity contribution in [3.8, 4) is 0 Å². The summed E-state index contributed by atoms with van der Waals surface area (Å²) in [5.74, 6) is 0.316. The Balaban J connectivity index is 3.22. The third-order valence-corrected chi connectivity index (χ3v) is 1.52. The van der Waals surface area contributed by atoms with Crippen molar-refractivity contribution in [2.75, 3.05) is 6.67 Å². The fourth-order valence-electron chi connectivity index (χ4n) is 0.666. The van der Waals surface area contributed by atoms with Crippen molar-refractivity contribution in [3.05, 3.63) is 0 Å². The normalized spacial score (nSPS) is 17.3. The zero-order valence-electron chi connectivity index (χ0n) is 6.03. The van der Waals surface area contributed by atoms with E-state index in [-0.39, 0.29) is 0 Å².